The van der Waals surface area contributed by atoms with Crippen LogP contribution in [0.4, 0.5) is 0 Å². The molecule has 1 amide bonds. The number of nitrogens with one attached hydrogen (secondary N) is 1. The molecule has 8 heteroatoms. The van der Waals surface area contributed by atoms with E-state index in [1.165, 1.54) is 11.3 Å². The average molecular weight is 326 g/mol. The Morgan fingerprint density at radius 3 is 3.00 bits per heavy atom. The van der Waals surface area contributed by atoms with Gasteiger partial charge in [0, 0.05) is 48.5 Å². The molecule has 1 aliphatic heterocycles. The summed E-state index contributed by atoms with van der Waals surface area (Å²) in [4.78, 5) is 27.2. The molecular formula is C15H14N6OS. The van der Waals surface area contributed by atoms with Crippen LogP contribution >= 0.6 is 11.3 Å². The second-order valence-electron chi connectivity index (χ2n) is 5.36. The van der Waals surface area contributed by atoms with Crippen LogP contribution in [0.1, 0.15) is 27.4 Å². The molecule has 0 bridgehead atoms. The Labute approximate surface area is 136 Å². The number of aryl methyl sites for hydroxylation is 1. The van der Waals surface area contributed by atoms with Crippen LogP contribution in [0.2, 0.25) is 0 Å². The van der Waals surface area contributed by atoms with Crippen molar-refractivity contribution in [2.45, 2.75) is 19.9 Å². The number of hydrogen-bond acceptors (Lipinski definition) is 6. The SMILES string of the molecule is Cc1[nH]nc2c1CN(C(=O)c1csc(-c3ncccn3)n1)CC2. The molecule has 3 aromatic heterocycles. The number of carbonyl (C=O) groups is 1. The molecule has 3 aromatic rings. The van der Waals surface area contributed by atoms with Gasteiger partial charge in [-0.2, -0.15) is 5.10 Å². The van der Waals surface area contributed by atoms with Crippen LogP contribution in [0.15, 0.2) is 23.8 Å². The summed E-state index contributed by atoms with van der Waals surface area (Å²) in [5, 5.41) is 9.69. The van der Waals surface area contributed by atoms with Crippen molar-refractivity contribution < 1.29 is 4.79 Å². The summed E-state index contributed by atoms with van der Waals surface area (Å²) in [6.45, 7) is 3.21. The van der Waals surface area contributed by atoms with Gasteiger partial charge in [0.1, 0.15) is 5.69 Å². The van der Waals surface area contributed by atoms with Gasteiger partial charge in [0.25, 0.3) is 5.91 Å². The van der Waals surface area contributed by atoms with E-state index in [-0.39, 0.29) is 5.91 Å². The molecule has 1 N–H and O–H groups in total. The first-order chi connectivity index (χ1) is 11.2. The van der Waals surface area contributed by atoms with Gasteiger partial charge in [0.05, 0.1) is 5.69 Å². The third-order valence-corrected chi connectivity index (χ3v) is 4.73. The second kappa shape index (κ2) is 5.54. The van der Waals surface area contributed by atoms with Crippen LogP contribution in [-0.4, -0.2) is 42.5 Å². The quantitative estimate of drug-likeness (QED) is 0.776. The molecule has 0 fully saturated rings. The molecule has 4 rings (SSSR count). The van der Waals surface area contributed by atoms with E-state index in [0.717, 1.165) is 23.4 Å². The highest BCUT2D eigenvalue weighted by molar-refractivity contribution is 7.13. The number of nitrogens with zero attached hydrogens (tertiary/aromatic N) is 5. The van der Waals surface area contributed by atoms with E-state index in [9.17, 15) is 4.79 Å². The minimum absolute atomic E-state index is 0.0605. The molecule has 4 heterocycles. The van der Waals surface area contributed by atoms with Crippen molar-refractivity contribution in [2.24, 2.45) is 0 Å². The van der Waals surface area contributed by atoms with E-state index in [0.29, 0.717) is 29.6 Å². The highest BCUT2D eigenvalue weighted by atomic mass is 32.1. The lowest BCUT2D eigenvalue weighted by molar-refractivity contribution is 0.0729. The van der Waals surface area contributed by atoms with Crippen LogP contribution < -0.4 is 0 Å². The van der Waals surface area contributed by atoms with Gasteiger partial charge >= 0.3 is 0 Å². The summed E-state index contributed by atoms with van der Waals surface area (Å²) in [5.41, 5.74) is 3.64. The predicted octanol–water partition coefficient (Wildman–Crippen LogP) is 1.83. The molecule has 0 saturated heterocycles. The van der Waals surface area contributed by atoms with E-state index in [4.69, 9.17) is 0 Å². The van der Waals surface area contributed by atoms with Gasteiger partial charge in [-0.05, 0) is 13.0 Å². The Morgan fingerprint density at radius 1 is 1.35 bits per heavy atom. The maximum absolute atomic E-state index is 12.7. The molecule has 0 radical (unpaired) electrons. The third kappa shape index (κ3) is 2.50. The number of carbonyl (C=O) groups excluding carboxylic acids is 1. The van der Waals surface area contributed by atoms with Gasteiger partial charge in [-0.25, -0.2) is 15.0 Å². The number of thiazole rings is 1. The molecular weight excluding hydrogens is 312 g/mol. The molecule has 23 heavy (non-hydrogen) atoms. The number of aromatic nitrogens is 5. The van der Waals surface area contributed by atoms with Gasteiger partial charge < -0.3 is 4.90 Å². The minimum Gasteiger partial charge on any atom is -0.332 e. The summed E-state index contributed by atoms with van der Waals surface area (Å²) in [6, 6.07) is 1.75. The van der Waals surface area contributed by atoms with Crippen LogP contribution in [0.3, 0.4) is 0 Å². The minimum atomic E-state index is -0.0605. The van der Waals surface area contributed by atoms with Gasteiger partial charge in [0.15, 0.2) is 10.8 Å². The van der Waals surface area contributed by atoms with Crippen LogP contribution in [-0.2, 0) is 13.0 Å². The van der Waals surface area contributed by atoms with Crippen molar-refractivity contribution in [2.75, 3.05) is 6.54 Å². The summed E-state index contributed by atoms with van der Waals surface area (Å²) in [6.07, 6.45) is 4.10. The summed E-state index contributed by atoms with van der Waals surface area (Å²) < 4.78 is 0. The lowest BCUT2D eigenvalue weighted by Gasteiger charge is -2.26. The smallest absolute Gasteiger partial charge is 0.273 e. The zero-order valence-electron chi connectivity index (χ0n) is 12.5. The molecule has 116 valence electrons. The highest BCUT2D eigenvalue weighted by Gasteiger charge is 2.26. The van der Waals surface area contributed by atoms with Crippen molar-refractivity contribution in [3.8, 4) is 10.8 Å². The molecule has 0 aliphatic carbocycles. The first kappa shape index (κ1) is 14.0. The number of fused-ring (bicyclic) bond motifs is 1. The van der Waals surface area contributed by atoms with E-state index in [2.05, 4.69) is 25.1 Å². The number of aromatic amines is 1. The zero-order valence-corrected chi connectivity index (χ0v) is 13.3. The fourth-order valence-corrected chi connectivity index (χ4v) is 3.39. The molecule has 0 spiro atoms. The maximum atomic E-state index is 12.7. The highest BCUT2D eigenvalue weighted by Crippen LogP contribution is 2.24. The Bertz CT molecular complexity index is 856. The average Bonchev–Trinajstić information content (AvgIpc) is 3.22. The maximum Gasteiger partial charge on any atom is 0.273 e. The van der Waals surface area contributed by atoms with Crippen molar-refractivity contribution in [1.82, 2.24) is 30.0 Å². The van der Waals surface area contributed by atoms with Gasteiger partial charge in [0.2, 0.25) is 0 Å². The molecule has 7 nitrogen and oxygen atoms in total. The zero-order chi connectivity index (χ0) is 15.8. The summed E-state index contributed by atoms with van der Waals surface area (Å²) in [7, 11) is 0. The topological polar surface area (TPSA) is 87.7 Å². The van der Waals surface area contributed by atoms with Crippen molar-refractivity contribution in [3.05, 3.63) is 46.5 Å². The largest absolute Gasteiger partial charge is 0.332 e. The van der Waals surface area contributed by atoms with Crippen molar-refractivity contribution in [1.29, 1.82) is 0 Å². The van der Waals surface area contributed by atoms with Crippen molar-refractivity contribution in [3.63, 3.8) is 0 Å². The second-order valence-corrected chi connectivity index (χ2v) is 6.22. The Balaban J connectivity index is 1.56. The Morgan fingerprint density at radius 2 is 2.17 bits per heavy atom. The lowest BCUT2D eigenvalue weighted by atomic mass is 10.1. The third-order valence-electron chi connectivity index (χ3n) is 3.89. The monoisotopic (exact) mass is 326 g/mol. The van der Waals surface area contributed by atoms with E-state index in [1.54, 1.807) is 23.8 Å². The first-order valence-corrected chi connectivity index (χ1v) is 8.15. The van der Waals surface area contributed by atoms with Crippen LogP contribution in [0, 0.1) is 6.92 Å². The van der Waals surface area contributed by atoms with E-state index in [1.807, 2.05) is 11.8 Å². The van der Waals surface area contributed by atoms with Gasteiger partial charge in [-0.1, -0.05) is 0 Å². The standard InChI is InChI=1S/C15H14N6OS/c1-9-10-7-21(6-3-11(10)20-19-9)15(22)12-8-23-14(18-12)13-16-4-2-5-17-13/h2,4-5,8H,3,6-7H2,1H3,(H,19,20). The van der Waals surface area contributed by atoms with E-state index < -0.39 is 0 Å². The summed E-state index contributed by atoms with van der Waals surface area (Å²) >= 11 is 1.38. The van der Waals surface area contributed by atoms with Gasteiger partial charge in [-0.3, -0.25) is 9.89 Å². The van der Waals surface area contributed by atoms with Gasteiger partial charge in [-0.15, -0.1) is 11.3 Å². The molecule has 0 unspecified atom stereocenters. The Kier molecular flexibility index (Phi) is 3.38. The summed E-state index contributed by atoms with van der Waals surface area (Å²) in [5.74, 6) is 0.484. The van der Waals surface area contributed by atoms with Crippen molar-refractivity contribution >= 4 is 17.2 Å². The predicted molar refractivity (Wildman–Crippen MR) is 84.9 cm³/mol. The lowest BCUT2D eigenvalue weighted by Crippen LogP contribution is -2.36. The molecule has 0 saturated carbocycles. The van der Waals surface area contributed by atoms with E-state index >= 15 is 0 Å². The molecule has 0 atom stereocenters. The normalized spacial score (nSPS) is 13.9. The Hall–Kier alpha value is -2.61. The first-order valence-electron chi connectivity index (χ1n) is 7.27. The number of H-pyrrole nitrogens is 1. The molecule has 1 aliphatic rings. The number of hydrogen-bond donors (Lipinski definition) is 1. The molecule has 0 aromatic carbocycles. The fraction of sp³-hybridized carbons (Fsp3) is 0.267. The number of rotatable bonds is 2. The van der Waals surface area contributed by atoms with Crippen LogP contribution in [0.5, 0.6) is 0 Å². The van der Waals surface area contributed by atoms with Crippen LogP contribution in [0.25, 0.3) is 10.8 Å². The number of amides is 1. The fourth-order valence-electron chi connectivity index (χ4n) is 2.65.